The number of hydrogen-bond acceptors (Lipinski definition) is 6. The zero-order chi connectivity index (χ0) is 19.8. The van der Waals surface area contributed by atoms with Gasteiger partial charge in [-0.25, -0.2) is 0 Å². The highest BCUT2D eigenvalue weighted by atomic mass is 16.5. The Morgan fingerprint density at radius 3 is 2.71 bits per heavy atom. The van der Waals surface area contributed by atoms with Gasteiger partial charge in [0.2, 0.25) is 17.6 Å². The quantitative estimate of drug-likeness (QED) is 0.573. The number of aromatic nitrogens is 2. The number of nitrogens with zero attached hydrogens (tertiary/aromatic N) is 2. The number of aryl methyl sites for hydroxylation is 2. The highest BCUT2D eigenvalue weighted by Gasteiger charge is 2.10. The fourth-order valence-corrected chi connectivity index (χ4v) is 2.54. The van der Waals surface area contributed by atoms with Crippen LogP contribution < -0.4 is 14.8 Å². The highest BCUT2D eigenvalue weighted by Crippen LogP contribution is 2.18. The van der Waals surface area contributed by atoms with Crippen molar-refractivity contribution >= 4 is 5.91 Å². The molecule has 0 saturated carbocycles. The lowest BCUT2D eigenvalue weighted by Gasteiger charge is -2.08. The van der Waals surface area contributed by atoms with Crippen LogP contribution in [0.1, 0.15) is 17.9 Å². The Hall–Kier alpha value is -3.35. The Labute approximate surface area is 163 Å². The van der Waals surface area contributed by atoms with Crippen LogP contribution in [-0.2, 0) is 11.2 Å². The average molecular weight is 381 g/mol. The Kier molecular flexibility index (Phi) is 6.62. The normalized spacial score (nSPS) is 10.5. The van der Waals surface area contributed by atoms with Gasteiger partial charge in [-0.2, -0.15) is 4.98 Å². The van der Waals surface area contributed by atoms with Gasteiger partial charge in [-0.3, -0.25) is 4.79 Å². The molecule has 0 radical (unpaired) electrons. The lowest BCUT2D eigenvalue weighted by atomic mass is 10.1. The predicted molar refractivity (Wildman–Crippen MR) is 104 cm³/mol. The molecule has 0 atom stereocenters. The predicted octanol–water partition coefficient (Wildman–Crippen LogP) is 3.18. The molecule has 7 heteroatoms. The molecule has 0 saturated heterocycles. The van der Waals surface area contributed by atoms with E-state index in [-0.39, 0.29) is 12.3 Å². The van der Waals surface area contributed by atoms with Crippen molar-refractivity contribution in [2.75, 3.05) is 20.3 Å². The summed E-state index contributed by atoms with van der Waals surface area (Å²) >= 11 is 0. The van der Waals surface area contributed by atoms with Crippen LogP contribution in [0.15, 0.2) is 53.1 Å². The van der Waals surface area contributed by atoms with Crippen LogP contribution in [0.3, 0.4) is 0 Å². The van der Waals surface area contributed by atoms with Crippen LogP contribution in [0.4, 0.5) is 0 Å². The Bertz CT molecular complexity index is 906. The van der Waals surface area contributed by atoms with Crippen LogP contribution in [0.2, 0.25) is 0 Å². The number of amides is 1. The number of rotatable bonds is 9. The number of nitrogens with one attached hydrogen (secondary N) is 1. The molecule has 2 aromatic carbocycles. The highest BCUT2D eigenvalue weighted by molar-refractivity contribution is 5.76. The van der Waals surface area contributed by atoms with E-state index in [1.807, 2.05) is 49.4 Å². The van der Waals surface area contributed by atoms with Crippen LogP contribution in [0.25, 0.3) is 11.4 Å². The zero-order valence-corrected chi connectivity index (χ0v) is 16.0. The second kappa shape index (κ2) is 9.55. The summed E-state index contributed by atoms with van der Waals surface area (Å²) in [5, 5.41) is 6.78. The van der Waals surface area contributed by atoms with Crippen molar-refractivity contribution in [3.05, 3.63) is 60.0 Å². The standard InChI is InChI=1S/C21H23N3O4/c1-15-6-8-16(9-7-15)21-23-20(28-24-21)11-10-19(25)22-12-13-27-18-5-3-4-17(14-18)26-2/h3-9,14H,10-13H2,1-2H3,(H,22,25). The summed E-state index contributed by atoms with van der Waals surface area (Å²) in [5.41, 5.74) is 2.05. The first-order chi connectivity index (χ1) is 13.6. The molecule has 1 amide bonds. The Morgan fingerprint density at radius 2 is 1.93 bits per heavy atom. The maximum absolute atomic E-state index is 12.0. The third-order valence-corrected chi connectivity index (χ3v) is 4.08. The zero-order valence-electron chi connectivity index (χ0n) is 16.0. The molecular formula is C21H23N3O4. The van der Waals surface area contributed by atoms with Crippen LogP contribution in [0, 0.1) is 6.92 Å². The van der Waals surface area contributed by atoms with E-state index in [1.165, 1.54) is 5.56 Å². The molecule has 0 fully saturated rings. The van der Waals surface area contributed by atoms with E-state index in [9.17, 15) is 4.79 Å². The van der Waals surface area contributed by atoms with Crippen LogP contribution in [-0.4, -0.2) is 36.3 Å². The fraction of sp³-hybridized carbons (Fsp3) is 0.286. The lowest BCUT2D eigenvalue weighted by Crippen LogP contribution is -2.28. The molecule has 0 bridgehead atoms. The topological polar surface area (TPSA) is 86.5 Å². The summed E-state index contributed by atoms with van der Waals surface area (Å²) in [6, 6.07) is 15.2. The van der Waals surface area contributed by atoms with Gasteiger partial charge in [-0.1, -0.05) is 41.1 Å². The second-order valence-corrected chi connectivity index (χ2v) is 6.26. The molecule has 0 aliphatic heterocycles. The van der Waals surface area contributed by atoms with E-state index in [4.69, 9.17) is 14.0 Å². The van der Waals surface area contributed by atoms with Gasteiger partial charge < -0.3 is 19.3 Å². The van der Waals surface area contributed by atoms with Gasteiger partial charge in [0.05, 0.1) is 13.7 Å². The van der Waals surface area contributed by atoms with E-state index in [0.29, 0.717) is 37.0 Å². The van der Waals surface area contributed by atoms with Crippen molar-refractivity contribution in [1.82, 2.24) is 15.5 Å². The van der Waals surface area contributed by atoms with E-state index in [2.05, 4.69) is 15.5 Å². The van der Waals surface area contributed by atoms with Gasteiger partial charge in [0.25, 0.3) is 0 Å². The van der Waals surface area contributed by atoms with E-state index in [0.717, 1.165) is 11.3 Å². The van der Waals surface area contributed by atoms with Gasteiger partial charge in [0, 0.05) is 24.5 Å². The molecule has 0 unspecified atom stereocenters. The molecule has 146 valence electrons. The summed E-state index contributed by atoms with van der Waals surface area (Å²) in [6.45, 7) is 2.80. The van der Waals surface area contributed by atoms with E-state index < -0.39 is 0 Å². The molecule has 1 N–H and O–H groups in total. The Balaban J connectivity index is 1.38. The fourth-order valence-electron chi connectivity index (χ4n) is 2.54. The summed E-state index contributed by atoms with van der Waals surface area (Å²) in [6.07, 6.45) is 0.663. The summed E-state index contributed by atoms with van der Waals surface area (Å²) < 4.78 is 16.0. The number of methoxy groups -OCH3 is 1. The smallest absolute Gasteiger partial charge is 0.227 e. The summed E-state index contributed by atoms with van der Waals surface area (Å²) in [4.78, 5) is 16.3. The lowest BCUT2D eigenvalue weighted by molar-refractivity contribution is -0.121. The minimum Gasteiger partial charge on any atom is -0.497 e. The van der Waals surface area contributed by atoms with Crippen LogP contribution in [0.5, 0.6) is 11.5 Å². The molecule has 3 aromatic rings. The molecule has 3 rings (SSSR count). The number of carbonyl (C=O) groups is 1. The molecule has 0 aliphatic rings. The molecule has 28 heavy (non-hydrogen) atoms. The number of ether oxygens (including phenoxy) is 2. The van der Waals surface area contributed by atoms with Gasteiger partial charge in [0.1, 0.15) is 18.1 Å². The van der Waals surface area contributed by atoms with E-state index in [1.54, 1.807) is 13.2 Å². The molecule has 0 aliphatic carbocycles. The maximum Gasteiger partial charge on any atom is 0.227 e. The molecule has 1 aromatic heterocycles. The molecular weight excluding hydrogens is 358 g/mol. The van der Waals surface area contributed by atoms with Crippen molar-refractivity contribution in [2.45, 2.75) is 19.8 Å². The SMILES string of the molecule is COc1cccc(OCCNC(=O)CCc2nc(-c3ccc(C)cc3)no2)c1. The summed E-state index contributed by atoms with van der Waals surface area (Å²) in [5.74, 6) is 2.30. The summed E-state index contributed by atoms with van der Waals surface area (Å²) in [7, 11) is 1.60. The first-order valence-electron chi connectivity index (χ1n) is 9.07. The molecule has 7 nitrogen and oxygen atoms in total. The van der Waals surface area contributed by atoms with Crippen molar-refractivity contribution in [3.63, 3.8) is 0 Å². The van der Waals surface area contributed by atoms with E-state index >= 15 is 0 Å². The van der Waals surface area contributed by atoms with Crippen molar-refractivity contribution in [2.24, 2.45) is 0 Å². The molecule has 0 spiro atoms. The number of carbonyl (C=O) groups excluding carboxylic acids is 1. The maximum atomic E-state index is 12.0. The minimum absolute atomic E-state index is 0.0932. The van der Waals surface area contributed by atoms with Crippen molar-refractivity contribution in [1.29, 1.82) is 0 Å². The first-order valence-corrected chi connectivity index (χ1v) is 9.07. The average Bonchev–Trinajstić information content (AvgIpc) is 3.19. The van der Waals surface area contributed by atoms with Crippen LogP contribution >= 0.6 is 0 Å². The van der Waals surface area contributed by atoms with Gasteiger partial charge in [-0.05, 0) is 19.1 Å². The third-order valence-electron chi connectivity index (χ3n) is 4.08. The van der Waals surface area contributed by atoms with Gasteiger partial charge >= 0.3 is 0 Å². The van der Waals surface area contributed by atoms with Gasteiger partial charge in [-0.15, -0.1) is 0 Å². The Morgan fingerprint density at radius 1 is 1.14 bits per heavy atom. The number of benzene rings is 2. The van der Waals surface area contributed by atoms with Crippen molar-refractivity contribution < 1.29 is 18.8 Å². The first kappa shape index (κ1) is 19.4. The second-order valence-electron chi connectivity index (χ2n) is 6.26. The largest absolute Gasteiger partial charge is 0.497 e. The van der Waals surface area contributed by atoms with Gasteiger partial charge in [0.15, 0.2) is 0 Å². The minimum atomic E-state index is -0.0932. The monoisotopic (exact) mass is 381 g/mol. The van der Waals surface area contributed by atoms with Crippen molar-refractivity contribution in [3.8, 4) is 22.9 Å². The molecule has 1 heterocycles. The third kappa shape index (κ3) is 5.57. The number of hydrogen-bond donors (Lipinski definition) is 1.